The number of nitrogens with one attached hydrogen (secondary N) is 15. The molecular weight excluding hydrogens is 1510 g/mol. The lowest BCUT2D eigenvalue weighted by atomic mass is 9.96. The number of benzene rings is 3. The lowest BCUT2D eigenvalue weighted by molar-refractivity contribution is -0.138. The Bertz CT molecular complexity index is 4130. The van der Waals surface area contributed by atoms with Crippen LogP contribution in [-0.4, -0.2) is 231 Å². The highest BCUT2D eigenvalue weighted by Gasteiger charge is 2.39. The summed E-state index contributed by atoms with van der Waals surface area (Å²) in [5.41, 5.74) is 26.0. The number of amides is 14. The number of rotatable bonds is 53. The van der Waals surface area contributed by atoms with Gasteiger partial charge in [-0.3, -0.25) is 71.9 Å². The molecule has 12 atom stereocenters. The van der Waals surface area contributed by atoms with Gasteiger partial charge in [0.25, 0.3) is 0 Å². The first kappa shape index (κ1) is 95.0. The molecule has 0 saturated heterocycles. The summed E-state index contributed by atoms with van der Waals surface area (Å²) >= 11 is 0. The van der Waals surface area contributed by atoms with Crippen molar-refractivity contribution in [1.29, 1.82) is 0 Å². The summed E-state index contributed by atoms with van der Waals surface area (Å²) in [6.07, 6.45) is 3.59. The van der Waals surface area contributed by atoms with Crippen molar-refractivity contribution in [3.63, 3.8) is 0 Å². The third kappa shape index (κ3) is 32.0. The van der Waals surface area contributed by atoms with Crippen molar-refractivity contribution in [2.75, 3.05) is 45.9 Å². The number of aliphatic carboxylic acids is 1. The molecular formula is C78H115N19O19. The molecule has 5 rings (SSSR count). The molecule has 2 heterocycles. The Kier molecular flexibility index (Phi) is 40.3. The largest absolute Gasteiger partial charge is 0.508 e. The van der Waals surface area contributed by atoms with E-state index >= 15 is 0 Å². The number of aromatic nitrogens is 2. The van der Waals surface area contributed by atoms with Gasteiger partial charge in [0.15, 0.2) is 0 Å². The molecule has 0 unspecified atom stereocenters. The van der Waals surface area contributed by atoms with Crippen molar-refractivity contribution in [2.45, 2.75) is 204 Å². The molecule has 0 spiro atoms. The fourth-order valence-corrected chi connectivity index (χ4v) is 12.5. The van der Waals surface area contributed by atoms with Crippen LogP contribution in [0.4, 0.5) is 0 Å². The quantitative estimate of drug-likeness (QED) is 0.0170. The Morgan fingerprint density at radius 1 is 0.422 bits per heavy atom. The molecule has 0 aliphatic heterocycles. The Labute approximate surface area is 671 Å². The van der Waals surface area contributed by atoms with Crippen LogP contribution >= 0.6 is 0 Å². The van der Waals surface area contributed by atoms with Gasteiger partial charge in [0.2, 0.25) is 82.7 Å². The number of carboxylic acids is 1. The highest BCUT2D eigenvalue weighted by Crippen LogP contribution is 2.23. The first-order valence-corrected chi connectivity index (χ1v) is 38.9. The van der Waals surface area contributed by atoms with Gasteiger partial charge in [0, 0.05) is 59.9 Å². The monoisotopic (exact) mass is 1620 g/mol. The Hall–Kier alpha value is -11.6. The van der Waals surface area contributed by atoms with E-state index in [1.165, 1.54) is 24.3 Å². The molecule has 636 valence electrons. The molecule has 0 saturated carbocycles. The van der Waals surface area contributed by atoms with Gasteiger partial charge < -0.3 is 122 Å². The minimum absolute atomic E-state index is 0.00968. The Morgan fingerprint density at radius 3 is 1.33 bits per heavy atom. The number of carboxylic acid groups (broad SMARTS) is 1. The third-order valence-electron chi connectivity index (χ3n) is 19.2. The molecule has 0 aliphatic rings. The van der Waals surface area contributed by atoms with Crippen LogP contribution in [0.1, 0.15) is 135 Å². The van der Waals surface area contributed by atoms with E-state index in [0.29, 0.717) is 50.8 Å². The predicted octanol–water partition coefficient (Wildman–Crippen LogP) is -3.22. The molecule has 0 radical (unpaired) electrons. The zero-order valence-corrected chi connectivity index (χ0v) is 66.1. The van der Waals surface area contributed by atoms with Crippen LogP contribution in [0.25, 0.3) is 21.8 Å². The molecule has 0 aliphatic carbocycles. The number of aromatic amines is 2. The minimum Gasteiger partial charge on any atom is -0.508 e. The fraction of sp³-hybridized carbons (Fsp3) is 0.526. The van der Waals surface area contributed by atoms with Crippen molar-refractivity contribution in [2.24, 2.45) is 34.8 Å². The number of fused-ring (bicyclic) bond motifs is 2. The van der Waals surface area contributed by atoms with Crippen molar-refractivity contribution < 1.29 is 92.3 Å². The first-order valence-electron chi connectivity index (χ1n) is 38.9. The molecule has 2 aromatic heterocycles. The minimum atomic E-state index is -1.86. The molecule has 3 aromatic carbocycles. The number of unbranched alkanes of at least 4 members (excludes halogenated alkanes) is 2. The molecule has 38 nitrogen and oxygen atoms in total. The number of nitrogens with two attached hydrogens (primary N) is 4. The lowest BCUT2D eigenvalue weighted by Crippen LogP contribution is -2.62. The van der Waals surface area contributed by atoms with E-state index in [1.54, 1.807) is 74.8 Å². The van der Waals surface area contributed by atoms with Gasteiger partial charge in [-0.1, -0.05) is 102 Å². The maximum atomic E-state index is 14.9. The number of H-pyrrole nitrogens is 2. The Morgan fingerprint density at radius 2 is 0.845 bits per heavy atom. The van der Waals surface area contributed by atoms with E-state index < -0.39 is 194 Å². The number of primary amides is 1. The van der Waals surface area contributed by atoms with Crippen molar-refractivity contribution in [3.8, 4) is 5.75 Å². The number of hydrogen-bond donors (Lipinski definition) is 23. The standard InChI is InChI=1S/C78H115N19O19/c1-6-44(4)67(77(115)95-60(36-62(82)101)70(108)86-39-64(103)85-41-66(105)106)96-78(116)68(45(5)99)97-75(113)59(35-48-38-84-53-21-13-11-19-51(48)53)93-71(109)55(23-15-31-80)88-65(104)40-87-69(107)54(22-14-30-79)90-72(110)56(24-16-32-81)91-74(112)58(34-47-37-83-52-20-12-10-18-50(47)52)94-73(111)57(33-46-26-28-49(100)29-27-46)92-76(114)61(42-98)89-63(102)25-9-7-8-17-43(2)3/h10-13,18-21,26-29,37-38,43-45,54-61,67-68,83-84,98-100H,6-9,14-17,22-25,30-36,39-42,79-81H2,1-5H3,(H2,82,101)(H,85,103)(H,86,108)(H,87,107)(H,88,104)(H,89,102)(H,90,110)(H,91,112)(H,92,114)(H,93,109)(H,94,111)(H,95,115)(H,96,116)(H,97,113)(H,105,106)/t44-,45+,54+,55+,56+,57+,58+,59-,60-,61+,67-,68-/m0/s1. The number of carbonyl (C=O) groups is 15. The van der Waals surface area contributed by atoms with Crippen LogP contribution in [0.2, 0.25) is 0 Å². The second-order valence-corrected chi connectivity index (χ2v) is 28.9. The summed E-state index contributed by atoms with van der Waals surface area (Å²) in [5, 5.41) is 74.3. The lowest BCUT2D eigenvalue weighted by Gasteiger charge is -2.30. The number of aromatic hydroxyl groups is 1. The second kappa shape index (κ2) is 49.2. The summed E-state index contributed by atoms with van der Waals surface area (Å²) in [7, 11) is 0. The third-order valence-corrected chi connectivity index (χ3v) is 19.2. The van der Waals surface area contributed by atoms with Gasteiger partial charge >= 0.3 is 5.97 Å². The number of para-hydroxylation sites is 2. The van der Waals surface area contributed by atoms with E-state index in [9.17, 15) is 87.2 Å². The van der Waals surface area contributed by atoms with Gasteiger partial charge in [-0.15, -0.1) is 0 Å². The second-order valence-electron chi connectivity index (χ2n) is 28.9. The molecule has 27 N–H and O–H groups in total. The molecule has 116 heavy (non-hydrogen) atoms. The summed E-state index contributed by atoms with van der Waals surface area (Å²) < 4.78 is 0. The van der Waals surface area contributed by atoms with E-state index in [2.05, 4.69) is 87.6 Å². The summed E-state index contributed by atoms with van der Waals surface area (Å²) in [5.74, 6) is -14.9. The van der Waals surface area contributed by atoms with Crippen LogP contribution in [0.15, 0.2) is 85.2 Å². The van der Waals surface area contributed by atoms with Crippen LogP contribution in [0.5, 0.6) is 5.75 Å². The normalized spacial score (nSPS) is 14.3. The van der Waals surface area contributed by atoms with E-state index in [1.807, 2.05) is 5.32 Å². The van der Waals surface area contributed by atoms with Crippen LogP contribution < -0.4 is 92.1 Å². The van der Waals surface area contributed by atoms with Crippen LogP contribution in [0, 0.1) is 11.8 Å². The number of aliphatic hydroxyl groups is 2. The van der Waals surface area contributed by atoms with E-state index in [0.717, 1.165) is 26.2 Å². The highest BCUT2D eigenvalue weighted by atomic mass is 16.4. The number of carbonyl (C=O) groups excluding carboxylic acids is 14. The molecule has 5 aromatic rings. The number of phenolic OH excluding ortho intramolecular Hbond substituents is 1. The first-order chi connectivity index (χ1) is 55.3. The average molecular weight is 1620 g/mol. The van der Waals surface area contributed by atoms with Crippen LogP contribution in [-0.2, 0) is 91.2 Å². The van der Waals surface area contributed by atoms with E-state index in [4.69, 9.17) is 28.0 Å². The number of aliphatic hydroxyl groups excluding tert-OH is 2. The van der Waals surface area contributed by atoms with Crippen molar-refractivity contribution in [1.82, 2.24) is 79.1 Å². The zero-order chi connectivity index (χ0) is 85.6. The van der Waals surface area contributed by atoms with Crippen LogP contribution in [0.3, 0.4) is 0 Å². The highest BCUT2D eigenvalue weighted by molar-refractivity contribution is 6.01. The van der Waals surface area contributed by atoms with Crippen molar-refractivity contribution >= 4 is 110 Å². The molecule has 38 heteroatoms. The topological polar surface area (TPSA) is 629 Å². The average Bonchev–Trinajstić information content (AvgIpc) is 1.62. The molecule has 0 fully saturated rings. The predicted molar refractivity (Wildman–Crippen MR) is 427 cm³/mol. The Balaban J connectivity index is 1.35. The maximum absolute atomic E-state index is 14.9. The smallest absolute Gasteiger partial charge is 0.322 e. The van der Waals surface area contributed by atoms with Crippen molar-refractivity contribution in [3.05, 3.63) is 102 Å². The zero-order valence-electron chi connectivity index (χ0n) is 66.1. The molecule has 0 bridgehead atoms. The van der Waals surface area contributed by atoms with Gasteiger partial charge in [0.1, 0.15) is 72.7 Å². The summed E-state index contributed by atoms with van der Waals surface area (Å²) in [4.78, 5) is 212. The van der Waals surface area contributed by atoms with Gasteiger partial charge in [-0.2, -0.15) is 0 Å². The van der Waals surface area contributed by atoms with E-state index in [-0.39, 0.29) is 96.0 Å². The van der Waals surface area contributed by atoms with Gasteiger partial charge in [0.05, 0.1) is 32.2 Å². The molecule has 14 amide bonds. The summed E-state index contributed by atoms with van der Waals surface area (Å²) in [6.45, 7) is 5.46. The maximum Gasteiger partial charge on any atom is 0.322 e. The fourth-order valence-electron chi connectivity index (χ4n) is 12.5. The van der Waals surface area contributed by atoms with Gasteiger partial charge in [-0.05, 0) is 124 Å². The number of phenols is 1. The number of hydrogen-bond acceptors (Lipinski definition) is 21. The summed E-state index contributed by atoms with van der Waals surface area (Å²) in [6, 6.07) is 4.37. The van der Waals surface area contributed by atoms with Gasteiger partial charge in [-0.25, -0.2) is 0 Å². The SMILES string of the molecule is CC[C@H](C)[C@H](NC(=O)[C@@H](NC(=O)[C@H](Cc1c[nH]c2ccccc12)NC(=O)[C@@H](CCCN)NC(=O)CNC(=O)[C@@H](CCCN)NC(=O)[C@@H](CCCN)NC(=O)[C@@H](Cc1c[nH]c2ccccc12)NC(=O)[C@@H](Cc1ccc(O)cc1)NC(=O)[C@@H](CO)NC(=O)CCCCCC(C)C)[C@@H](C)O)C(=O)N[C@@H](CC(N)=O)C(=O)NCC(=O)NCC(=O)O.